The van der Waals surface area contributed by atoms with Crippen LogP contribution in [0.5, 0.6) is 0 Å². The Hall–Kier alpha value is -9.98. The van der Waals surface area contributed by atoms with Gasteiger partial charge in [0.2, 0.25) is 0 Å². The van der Waals surface area contributed by atoms with E-state index in [0.29, 0.717) is 40.8 Å². The second-order valence-corrected chi connectivity index (χ2v) is 28.6. The maximum atomic E-state index is 10.5. The molecular weight excluding hydrogens is 1720 g/mol. The molecule has 0 saturated heterocycles. The molecule has 0 fully saturated rings. The van der Waals surface area contributed by atoms with Crippen LogP contribution in [-0.4, -0.2) is 127 Å². The van der Waals surface area contributed by atoms with Crippen LogP contribution in [-0.2, 0) is 26.4 Å². The van der Waals surface area contributed by atoms with Gasteiger partial charge in [-0.1, -0.05) is 157 Å². The lowest BCUT2D eigenvalue weighted by atomic mass is 9.80. The third-order valence-corrected chi connectivity index (χ3v) is 18.7. The number of aliphatic hydroxyl groups excluding tert-OH is 6. The van der Waals surface area contributed by atoms with Crippen molar-refractivity contribution in [2.45, 2.75) is 52.5 Å². The Labute approximate surface area is 664 Å². The number of thiazole rings is 3. The largest absolute Gasteiger partial charge is 0.488 e. The number of halogens is 3. The Morgan fingerprint density at radius 3 is 0.945 bits per heavy atom. The summed E-state index contributed by atoms with van der Waals surface area (Å²) < 4.78 is 11.3. The number of nitrogens with zero attached hydrogens (tertiary/aromatic N) is 9. The molecule has 35 nitrogen and oxygen atoms in total. The molecule has 6 heterocycles. The van der Waals surface area contributed by atoms with Gasteiger partial charge in [0.05, 0.1) is 74.2 Å². The van der Waals surface area contributed by atoms with Gasteiger partial charge in [0, 0.05) is 22.8 Å². The van der Waals surface area contributed by atoms with Crippen molar-refractivity contribution in [1.82, 2.24) is 15.0 Å². The average Bonchev–Trinajstić information content (AvgIpc) is 1.74. The van der Waals surface area contributed by atoms with Crippen LogP contribution >= 0.6 is 93.1 Å². The van der Waals surface area contributed by atoms with Crippen molar-refractivity contribution in [2.24, 2.45) is 0 Å². The minimum Gasteiger partial charge on any atom is -0.423 e. The molecule has 2 unspecified atom stereocenters. The van der Waals surface area contributed by atoms with Gasteiger partial charge in [-0.2, -0.15) is 0 Å². The highest BCUT2D eigenvalue weighted by molar-refractivity contribution is 9.11. The fourth-order valence-corrected chi connectivity index (χ4v) is 11.7. The van der Waals surface area contributed by atoms with E-state index in [4.69, 9.17) is 60.1 Å². The number of thiophene rings is 1. The van der Waals surface area contributed by atoms with Crippen molar-refractivity contribution >= 4 is 163 Å². The smallest absolute Gasteiger partial charge is 0.423 e. The first-order chi connectivity index (χ1) is 52.2. The van der Waals surface area contributed by atoms with Crippen LogP contribution < -0.4 is 16.4 Å². The van der Waals surface area contributed by atoms with Gasteiger partial charge >= 0.3 is 53.1 Å². The molecule has 0 radical (unpaired) electrons. The summed E-state index contributed by atoms with van der Waals surface area (Å²) in [5.41, 5.74) is 8.33. The van der Waals surface area contributed by atoms with Crippen LogP contribution in [0, 0.1) is 60.7 Å². The van der Waals surface area contributed by atoms with Crippen LogP contribution in [0.1, 0.15) is 59.4 Å². The first-order valence-corrected chi connectivity index (χ1v) is 36.3. The van der Waals surface area contributed by atoms with Gasteiger partial charge in [0.1, 0.15) is 44.2 Å². The SMILES string of the molecule is CC(O)c1ccc(-c2ncc([N+](=O)[O-])s2)cc1.CC(O)c1ccc(B(O)O)cc1.O=[N+]([O-])c1ccc(-c2ccc(CO)cc2)o1.O=[N+]([O-])c1ccc(Br)o1.O=[N+]([O-])c1ccc(Br)s1.O=[N+]([O-])c1cnc(-c2ccc(CO)cc2)s1.O=[N+]([O-])c1cnc(Br)s1.OCc1ccc(B(O)O)cc1.OCc1ccc(B(O)O)cc1. The molecule has 2 atom stereocenters. The molecule has 12 aromatic rings. The van der Waals surface area contributed by atoms with Crippen LogP contribution in [0.25, 0.3) is 32.5 Å². The van der Waals surface area contributed by atoms with Crippen molar-refractivity contribution in [3.05, 3.63) is 307 Å². The minimum absolute atomic E-state index is 0.0156. The minimum atomic E-state index is -1.44. The zero-order valence-corrected chi connectivity index (χ0v) is 64.7. The van der Waals surface area contributed by atoms with E-state index in [1.807, 2.05) is 0 Å². The molecule has 576 valence electrons. The molecule has 0 amide bonds. The number of nitro groups is 6. The van der Waals surface area contributed by atoms with E-state index < -0.39 is 63.1 Å². The lowest BCUT2D eigenvalue weighted by Gasteiger charge is -2.05. The first kappa shape index (κ1) is 92.4. The summed E-state index contributed by atoms with van der Waals surface area (Å²) >= 11 is 13.2. The molecule has 0 saturated carbocycles. The summed E-state index contributed by atoms with van der Waals surface area (Å²) in [6.07, 6.45) is 2.68. The molecule has 0 bridgehead atoms. The van der Waals surface area contributed by atoms with E-state index in [-0.39, 0.29) is 58.2 Å². The number of hydrogen-bond donors (Lipinski definition) is 12. The van der Waals surface area contributed by atoms with Crippen LogP contribution in [0.15, 0.2) is 222 Å². The Balaban J connectivity index is 0.000000264. The molecule has 0 spiro atoms. The topological polar surface area (TPSA) is 567 Å². The maximum Gasteiger partial charge on any atom is 0.488 e. The highest BCUT2D eigenvalue weighted by Gasteiger charge is 2.18. The lowest BCUT2D eigenvalue weighted by Crippen LogP contribution is -2.29. The van der Waals surface area contributed by atoms with Gasteiger partial charge in [0.15, 0.2) is 8.59 Å². The lowest BCUT2D eigenvalue weighted by molar-refractivity contribution is -0.402. The maximum absolute atomic E-state index is 10.5. The second kappa shape index (κ2) is 47.8. The summed E-state index contributed by atoms with van der Waals surface area (Å²) in [4.78, 5) is 70.0. The number of furan rings is 2. The van der Waals surface area contributed by atoms with Crippen LogP contribution in [0.4, 0.5) is 31.8 Å². The molecule has 12 N–H and O–H groups in total. The quantitative estimate of drug-likeness (QED) is 0.0216. The van der Waals surface area contributed by atoms with E-state index in [0.717, 1.165) is 99.2 Å². The van der Waals surface area contributed by atoms with E-state index in [1.54, 1.807) is 172 Å². The van der Waals surface area contributed by atoms with Crippen molar-refractivity contribution in [1.29, 1.82) is 0 Å². The number of benzene rings is 6. The average molecular weight is 1780 g/mol. The van der Waals surface area contributed by atoms with Crippen LogP contribution in [0.2, 0.25) is 0 Å². The normalized spacial score (nSPS) is 10.6. The van der Waals surface area contributed by atoms with Crippen molar-refractivity contribution in [2.75, 3.05) is 0 Å². The number of hydrogen-bond acceptors (Lipinski definition) is 33. The fourth-order valence-electron chi connectivity index (χ4n) is 7.65. The predicted molar refractivity (Wildman–Crippen MR) is 421 cm³/mol. The number of aliphatic hydroxyl groups is 6. The van der Waals surface area contributed by atoms with Gasteiger partial charge in [-0.3, -0.25) is 60.7 Å². The molecule has 45 heteroatoms. The molecule has 6 aromatic carbocycles. The summed E-state index contributed by atoms with van der Waals surface area (Å²) in [5, 5.41) is 169. The first-order valence-electron chi connectivity index (χ1n) is 30.6. The Kier molecular flexibility index (Phi) is 40.2. The third kappa shape index (κ3) is 32.7. The van der Waals surface area contributed by atoms with E-state index >= 15 is 0 Å². The molecular formula is C65H61B3Br3N9O26S4. The van der Waals surface area contributed by atoms with Crippen molar-refractivity contribution in [3.63, 3.8) is 0 Å². The Morgan fingerprint density at radius 1 is 0.373 bits per heavy atom. The Bertz CT molecular complexity index is 4520. The monoisotopic (exact) mass is 1780 g/mol. The highest BCUT2D eigenvalue weighted by Crippen LogP contribution is 2.33. The highest BCUT2D eigenvalue weighted by atomic mass is 79.9. The zero-order chi connectivity index (χ0) is 81.7. The van der Waals surface area contributed by atoms with Gasteiger partial charge in [-0.05, 0) is 164 Å². The fraction of sp³-hybridized carbons (Fsp3) is 0.123. The number of rotatable bonds is 18. The summed E-state index contributed by atoms with van der Waals surface area (Å²) in [6, 6.07) is 49.3. The van der Waals surface area contributed by atoms with E-state index in [2.05, 4.69) is 67.2 Å². The Morgan fingerprint density at radius 2 is 0.691 bits per heavy atom. The molecule has 0 aliphatic heterocycles. The van der Waals surface area contributed by atoms with E-state index in [9.17, 15) is 65.8 Å². The van der Waals surface area contributed by atoms with Crippen LogP contribution in [0.3, 0.4) is 0 Å². The summed E-state index contributed by atoms with van der Waals surface area (Å²) in [7, 11) is -4.29. The molecule has 6 aromatic heterocycles. The van der Waals surface area contributed by atoms with Gasteiger partial charge in [-0.25, -0.2) is 15.0 Å². The predicted octanol–water partition coefficient (Wildman–Crippen LogP) is 10.6. The molecule has 0 aliphatic rings. The van der Waals surface area contributed by atoms with Gasteiger partial charge < -0.3 is 69.6 Å². The number of aromatic nitrogens is 3. The van der Waals surface area contributed by atoms with Gasteiger partial charge in [0.25, 0.3) is 0 Å². The van der Waals surface area contributed by atoms with Crippen molar-refractivity contribution < 1.29 is 99.2 Å². The van der Waals surface area contributed by atoms with Crippen molar-refractivity contribution in [3.8, 4) is 32.5 Å². The van der Waals surface area contributed by atoms with E-state index in [1.165, 1.54) is 42.9 Å². The standard InChI is InChI=1S/C11H10N2O3S.C11H9NO4.C10H8N2O3S.C8H11BO3.2C7H9BO3.C4H2BrNO3.C4H2BrNO2S.C3HBrN2O2S/c1-7(14)8-2-4-9(5-3-8)11-12-6-10(17-11)13(15)16;13-7-8-1-3-9(4-2-8)10-5-6-11(16-10)12(14)15;13-6-7-1-3-8(4-2-7)10-11-5-9(16-10)12(14)15;1-6(10)7-2-4-8(5-3-7)9(11)12;2*9-5-6-1-3-7(4-2-6)8(10)11;2*5-3-1-2-4(9-3)6(7)8;4-3-5-1-2(9-3)6(7)8/h2-7,14H,1H3;1-6,13H,7H2;1-5,13H,6H2;2-6,10-12H,1H3;2*1-4,9-11H,5H2;2*1-2H;1H. The molecule has 110 heavy (non-hydrogen) atoms. The molecule has 12 rings (SSSR count). The second-order valence-electron chi connectivity index (χ2n) is 21.1. The molecule has 0 aliphatic carbocycles. The third-order valence-electron chi connectivity index (χ3n) is 13.3. The summed E-state index contributed by atoms with van der Waals surface area (Å²) in [6.45, 7) is 3.24. The summed E-state index contributed by atoms with van der Waals surface area (Å²) in [5.74, 6) is -0.0840. The zero-order valence-electron chi connectivity index (χ0n) is 56.6. The van der Waals surface area contributed by atoms with Gasteiger partial charge in [-0.15, -0.1) is 0 Å².